The van der Waals surface area contributed by atoms with E-state index < -0.39 is 5.91 Å². The molecular weight excluding hydrogens is 439 g/mol. The van der Waals surface area contributed by atoms with Crippen molar-refractivity contribution in [1.29, 1.82) is 5.26 Å². The summed E-state index contributed by atoms with van der Waals surface area (Å²) < 4.78 is 16.7. The van der Waals surface area contributed by atoms with Crippen molar-refractivity contribution < 1.29 is 19.0 Å². The zero-order chi connectivity index (χ0) is 22.2. The van der Waals surface area contributed by atoms with Crippen LogP contribution < -0.4 is 14.8 Å². The highest BCUT2D eigenvalue weighted by Crippen LogP contribution is 2.31. The van der Waals surface area contributed by atoms with Gasteiger partial charge in [0.15, 0.2) is 11.5 Å². The van der Waals surface area contributed by atoms with Gasteiger partial charge in [0.1, 0.15) is 18.2 Å². The molecule has 1 heterocycles. The molecule has 8 heteroatoms. The molecule has 0 aromatic heterocycles. The Hall–Kier alpha value is -2.72. The fourth-order valence-corrected chi connectivity index (χ4v) is 3.57. The van der Waals surface area contributed by atoms with E-state index >= 15 is 0 Å². The van der Waals surface area contributed by atoms with Crippen LogP contribution in [0.2, 0.25) is 10.0 Å². The molecule has 1 N–H and O–H groups in total. The van der Waals surface area contributed by atoms with Crippen molar-refractivity contribution in [3.05, 3.63) is 63.1 Å². The zero-order valence-electron chi connectivity index (χ0n) is 17.0. The van der Waals surface area contributed by atoms with Crippen molar-refractivity contribution in [1.82, 2.24) is 5.32 Å². The van der Waals surface area contributed by atoms with Crippen LogP contribution in [0.15, 0.2) is 42.0 Å². The van der Waals surface area contributed by atoms with E-state index in [-0.39, 0.29) is 18.3 Å². The van der Waals surface area contributed by atoms with Crippen molar-refractivity contribution in [2.24, 2.45) is 0 Å². The molecular formula is C23H22Cl2N2O4. The summed E-state index contributed by atoms with van der Waals surface area (Å²) in [5.41, 5.74) is 1.42. The van der Waals surface area contributed by atoms with Crippen LogP contribution in [0, 0.1) is 11.3 Å². The van der Waals surface area contributed by atoms with Crippen LogP contribution in [0.1, 0.15) is 24.0 Å². The summed E-state index contributed by atoms with van der Waals surface area (Å²) in [5, 5.41) is 13.2. The van der Waals surface area contributed by atoms with Crippen LogP contribution >= 0.6 is 23.2 Å². The van der Waals surface area contributed by atoms with Gasteiger partial charge in [0.25, 0.3) is 5.91 Å². The average Bonchev–Trinajstić information content (AvgIpc) is 3.29. The molecule has 1 aliphatic heterocycles. The maximum Gasteiger partial charge on any atom is 0.262 e. The van der Waals surface area contributed by atoms with Crippen molar-refractivity contribution in [3.63, 3.8) is 0 Å². The quantitative estimate of drug-likeness (QED) is 0.452. The molecule has 2 aromatic rings. The number of nitriles is 1. The SMILES string of the molecule is COc1cc(/C=C(\C#N)C(=O)NC[C@H]2CCCO2)ccc1OCc1ccc(Cl)cc1Cl. The van der Waals surface area contributed by atoms with Gasteiger partial charge in [-0.2, -0.15) is 5.26 Å². The molecule has 6 nitrogen and oxygen atoms in total. The van der Waals surface area contributed by atoms with Crippen molar-refractivity contribution >= 4 is 35.2 Å². The van der Waals surface area contributed by atoms with Gasteiger partial charge in [-0.3, -0.25) is 4.79 Å². The maximum absolute atomic E-state index is 12.3. The zero-order valence-corrected chi connectivity index (χ0v) is 18.5. The van der Waals surface area contributed by atoms with E-state index in [4.69, 9.17) is 37.4 Å². The van der Waals surface area contributed by atoms with Crippen LogP contribution in [-0.2, 0) is 16.1 Å². The summed E-state index contributed by atoms with van der Waals surface area (Å²) in [6, 6.07) is 12.3. The Morgan fingerprint density at radius 2 is 2.13 bits per heavy atom. The van der Waals surface area contributed by atoms with Gasteiger partial charge in [0.05, 0.1) is 13.2 Å². The number of hydrogen-bond donors (Lipinski definition) is 1. The fraction of sp³-hybridized carbons (Fsp3) is 0.304. The van der Waals surface area contributed by atoms with E-state index in [0.29, 0.717) is 40.3 Å². The lowest BCUT2D eigenvalue weighted by Crippen LogP contribution is -2.32. The molecule has 1 amide bonds. The number of nitrogens with one attached hydrogen (secondary N) is 1. The third-order valence-corrected chi connectivity index (χ3v) is 5.36. The first-order valence-electron chi connectivity index (χ1n) is 9.76. The van der Waals surface area contributed by atoms with Gasteiger partial charge in [-0.05, 0) is 48.7 Å². The summed E-state index contributed by atoms with van der Waals surface area (Å²) in [7, 11) is 1.52. The highest BCUT2D eigenvalue weighted by molar-refractivity contribution is 6.35. The monoisotopic (exact) mass is 460 g/mol. The van der Waals surface area contributed by atoms with E-state index in [0.717, 1.165) is 18.4 Å². The van der Waals surface area contributed by atoms with Crippen LogP contribution in [0.3, 0.4) is 0 Å². The van der Waals surface area contributed by atoms with Crippen LogP contribution in [-0.4, -0.2) is 32.3 Å². The molecule has 0 radical (unpaired) electrons. The molecule has 0 aliphatic carbocycles. The minimum absolute atomic E-state index is 0.00154. The number of nitrogens with zero attached hydrogens (tertiary/aromatic N) is 1. The smallest absolute Gasteiger partial charge is 0.262 e. The molecule has 2 aromatic carbocycles. The topological polar surface area (TPSA) is 80.6 Å². The maximum atomic E-state index is 12.3. The second-order valence-electron chi connectivity index (χ2n) is 6.95. The van der Waals surface area contributed by atoms with E-state index in [1.807, 2.05) is 6.07 Å². The van der Waals surface area contributed by atoms with Gasteiger partial charge in [-0.15, -0.1) is 0 Å². The Labute approximate surface area is 191 Å². The molecule has 31 heavy (non-hydrogen) atoms. The molecule has 1 aliphatic rings. The molecule has 0 unspecified atom stereocenters. The highest BCUT2D eigenvalue weighted by atomic mass is 35.5. The first-order chi connectivity index (χ1) is 15.0. The van der Waals surface area contributed by atoms with Gasteiger partial charge in [-0.1, -0.05) is 35.3 Å². The number of carbonyl (C=O) groups is 1. The van der Waals surface area contributed by atoms with Gasteiger partial charge >= 0.3 is 0 Å². The van der Waals surface area contributed by atoms with E-state index in [1.54, 1.807) is 36.4 Å². The van der Waals surface area contributed by atoms with Crippen molar-refractivity contribution in [2.45, 2.75) is 25.6 Å². The van der Waals surface area contributed by atoms with Gasteiger partial charge in [-0.25, -0.2) is 0 Å². The van der Waals surface area contributed by atoms with Gasteiger partial charge in [0.2, 0.25) is 0 Å². The molecule has 1 fully saturated rings. The number of hydrogen-bond acceptors (Lipinski definition) is 5. The number of halogens is 2. The largest absolute Gasteiger partial charge is 0.493 e. The second kappa shape index (κ2) is 11.1. The number of amides is 1. The highest BCUT2D eigenvalue weighted by Gasteiger charge is 2.18. The number of rotatable bonds is 8. The number of ether oxygens (including phenoxy) is 3. The minimum Gasteiger partial charge on any atom is -0.493 e. The predicted octanol–water partition coefficient (Wildman–Crippen LogP) is 4.78. The molecule has 0 bridgehead atoms. The van der Waals surface area contributed by atoms with E-state index in [1.165, 1.54) is 13.2 Å². The average molecular weight is 461 g/mol. The third kappa shape index (κ3) is 6.38. The number of carbonyl (C=O) groups excluding carboxylic acids is 1. The van der Waals surface area contributed by atoms with Crippen LogP contribution in [0.5, 0.6) is 11.5 Å². The lowest BCUT2D eigenvalue weighted by Gasteiger charge is -2.13. The molecule has 1 saturated heterocycles. The summed E-state index contributed by atoms with van der Waals surface area (Å²) in [6.07, 6.45) is 3.41. The Kier molecular flexibility index (Phi) is 8.19. The van der Waals surface area contributed by atoms with Gasteiger partial charge in [0, 0.05) is 28.8 Å². The van der Waals surface area contributed by atoms with Crippen molar-refractivity contribution in [3.8, 4) is 17.6 Å². The standard InChI is InChI=1S/C23H22Cl2N2O4/c1-29-22-10-15(9-17(12-26)23(28)27-13-19-3-2-8-30-19)4-7-21(22)31-14-16-5-6-18(24)11-20(16)25/h4-7,9-11,19H,2-3,8,13-14H2,1H3,(H,27,28)/b17-9+/t19-/m1/s1. The molecule has 0 spiro atoms. The Balaban J connectivity index is 1.68. The molecule has 1 atom stereocenters. The van der Waals surface area contributed by atoms with Crippen molar-refractivity contribution in [2.75, 3.05) is 20.3 Å². The summed E-state index contributed by atoms with van der Waals surface area (Å²) in [4.78, 5) is 12.3. The Morgan fingerprint density at radius 1 is 1.29 bits per heavy atom. The summed E-state index contributed by atoms with van der Waals surface area (Å²) in [6.45, 7) is 1.33. The molecule has 162 valence electrons. The van der Waals surface area contributed by atoms with Crippen LogP contribution in [0.25, 0.3) is 6.08 Å². The first kappa shape index (κ1) is 23.0. The number of methoxy groups -OCH3 is 1. The fourth-order valence-electron chi connectivity index (χ4n) is 3.11. The lowest BCUT2D eigenvalue weighted by atomic mass is 10.1. The Bertz CT molecular complexity index is 1010. The summed E-state index contributed by atoms with van der Waals surface area (Å²) in [5.74, 6) is 0.539. The second-order valence-corrected chi connectivity index (χ2v) is 7.79. The first-order valence-corrected chi connectivity index (χ1v) is 10.5. The molecule has 0 saturated carbocycles. The van der Waals surface area contributed by atoms with E-state index in [9.17, 15) is 10.1 Å². The summed E-state index contributed by atoms with van der Waals surface area (Å²) >= 11 is 12.1. The third-order valence-electron chi connectivity index (χ3n) is 4.78. The van der Waals surface area contributed by atoms with Crippen LogP contribution in [0.4, 0.5) is 0 Å². The molecule has 3 rings (SSSR count). The predicted molar refractivity (Wildman–Crippen MR) is 119 cm³/mol. The lowest BCUT2D eigenvalue weighted by molar-refractivity contribution is -0.117. The van der Waals surface area contributed by atoms with Gasteiger partial charge < -0.3 is 19.5 Å². The Morgan fingerprint density at radius 3 is 2.81 bits per heavy atom. The van der Waals surface area contributed by atoms with E-state index in [2.05, 4.69) is 5.32 Å². The number of benzene rings is 2. The normalized spacial score (nSPS) is 15.9. The minimum atomic E-state index is -0.435.